The number of hydrogen-bond acceptors (Lipinski definition) is 3. The average molecular weight is 258 g/mol. The number of rotatable bonds is 4. The fraction of sp³-hybridized carbons (Fsp3) is 0.250. The number of ether oxygens (including phenoxy) is 1. The Morgan fingerprint density at radius 1 is 1.33 bits per heavy atom. The van der Waals surface area contributed by atoms with Gasteiger partial charge in [-0.3, -0.25) is 9.79 Å². The maximum absolute atomic E-state index is 10.6. The molecular formula is C8H12KO5P. The number of benzene rings is 1. The minimum Gasteiger partial charge on any atom is -1.00 e. The molecule has 1 rings (SSSR count). The molecule has 1 aromatic carbocycles. The average Bonchev–Trinajstić information content (AvgIpc) is 2.06. The van der Waals surface area contributed by atoms with E-state index >= 15 is 0 Å². The van der Waals surface area contributed by atoms with Gasteiger partial charge in [-0.2, -0.15) is 0 Å². The fourth-order valence-electron chi connectivity index (χ4n) is 0.928. The molecule has 0 aliphatic rings. The molecule has 0 radical (unpaired) electrons. The molecule has 0 spiro atoms. The number of para-hydroxylation sites is 2. The third-order valence-electron chi connectivity index (χ3n) is 1.37. The minimum absolute atomic E-state index is 0. The van der Waals surface area contributed by atoms with Crippen LogP contribution in [0.2, 0.25) is 0 Å². The molecule has 0 saturated carbocycles. The fourth-order valence-corrected chi connectivity index (χ4v) is 1.34. The molecule has 0 atom stereocenters. The van der Waals surface area contributed by atoms with Crippen LogP contribution in [0.3, 0.4) is 0 Å². The minimum atomic E-state index is -4.52. The van der Waals surface area contributed by atoms with Crippen LogP contribution in [0.1, 0.15) is 8.35 Å². The maximum Gasteiger partial charge on any atom is 1.00 e. The monoisotopic (exact) mass is 258 g/mol. The van der Waals surface area contributed by atoms with Crippen LogP contribution in [0.25, 0.3) is 0 Å². The Labute approximate surface area is 132 Å². The van der Waals surface area contributed by atoms with Gasteiger partial charge in [-0.05, 0) is 19.1 Å². The molecule has 0 amide bonds. The van der Waals surface area contributed by atoms with Crippen LogP contribution in [0.5, 0.6) is 11.5 Å². The van der Waals surface area contributed by atoms with E-state index in [1.807, 2.05) is 0 Å². The molecule has 15 heavy (non-hydrogen) atoms. The molecule has 7 heteroatoms. The zero-order valence-electron chi connectivity index (χ0n) is 9.58. The third-order valence-corrected chi connectivity index (χ3v) is 1.80. The molecular weight excluding hydrogens is 246 g/mol. The van der Waals surface area contributed by atoms with Crippen molar-refractivity contribution < 1.29 is 76.4 Å². The molecule has 1 aromatic rings. The van der Waals surface area contributed by atoms with E-state index in [-0.39, 0.29) is 58.6 Å². The first-order valence-corrected chi connectivity index (χ1v) is 5.53. The first-order chi connectivity index (χ1) is 6.53. The molecule has 0 aliphatic heterocycles. The second-order valence-electron chi connectivity index (χ2n) is 2.46. The van der Waals surface area contributed by atoms with Gasteiger partial charge in [0.1, 0.15) is 0 Å². The van der Waals surface area contributed by atoms with Gasteiger partial charge in [-0.15, -0.1) is 0 Å². The Kier molecular flexibility index (Phi) is 7.32. The molecule has 0 aromatic heterocycles. The first-order valence-electron chi connectivity index (χ1n) is 4.00. The van der Waals surface area contributed by atoms with Crippen LogP contribution in [0.15, 0.2) is 24.3 Å². The third kappa shape index (κ3) is 6.04. The molecule has 0 heterocycles. The first kappa shape index (κ1) is 15.6. The topological polar surface area (TPSA) is 76.0 Å². The summed E-state index contributed by atoms with van der Waals surface area (Å²) in [5, 5.41) is 0. The van der Waals surface area contributed by atoms with Crippen molar-refractivity contribution in [1.82, 2.24) is 0 Å². The standard InChI is InChI=1S/C8H11O5P.K.H/c1-2-12-7-5-3-4-6-8(7)13-14(9,10)11;;/h3-6H,2H2,1H3,(H2,9,10,11);;/q;+1;-1. The maximum atomic E-state index is 10.6. The SMILES string of the molecule is CCOc1ccccc1OP(=O)(O)O.[H-].[K+]. The summed E-state index contributed by atoms with van der Waals surface area (Å²) in [5.41, 5.74) is 0. The van der Waals surface area contributed by atoms with Gasteiger partial charge < -0.3 is 10.7 Å². The van der Waals surface area contributed by atoms with E-state index in [0.29, 0.717) is 12.4 Å². The zero-order chi connectivity index (χ0) is 10.6. The van der Waals surface area contributed by atoms with Crippen LogP contribution < -0.4 is 60.6 Å². The van der Waals surface area contributed by atoms with E-state index < -0.39 is 7.82 Å². The summed E-state index contributed by atoms with van der Waals surface area (Å²) in [6, 6.07) is 6.31. The van der Waals surface area contributed by atoms with Crippen LogP contribution in [-0.4, -0.2) is 16.4 Å². The predicted octanol–water partition coefficient (Wildman–Crippen LogP) is -1.33. The predicted molar refractivity (Wildman–Crippen MR) is 51.4 cm³/mol. The van der Waals surface area contributed by atoms with E-state index in [9.17, 15) is 4.57 Å². The molecule has 5 nitrogen and oxygen atoms in total. The van der Waals surface area contributed by atoms with Gasteiger partial charge in [0.15, 0.2) is 11.5 Å². The van der Waals surface area contributed by atoms with Crippen molar-refractivity contribution in [3.05, 3.63) is 24.3 Å². The number of hydrogen-bond donors (Lipinski definition) is 2. The normalized spacial score (nSPS) is 10.3. The van der Waals surface area contributed by atoms with Crippen molar-refractivity contribution in [3.63, 3.8) is 0 Å². The van der Waals surface area contributed by atoms with Crippen LogP contribution in [0, 0.1) is 0 Å². The Bertz CT molecular complexity index is 356. The van der Waals surface area contributed by atoms with Crippen LogP contribution in [0.4, 0.5) is 0 Å². The van der Waals surface area contributed by atoms with E-state index in [1.165, 1.54) is 6.07 Å². The van der Waals surface area contributed by atoms with Gasteiger partial charge in [0.05, 0.1) is 6.61 Å². The van der Waals surface area contributed by atoms with Crippen molar-refractivity contribution in [2.24, 2.45) is 0 Å². The van der Waals surface area contributed by atoms with Gasteiger partial charge in [0.25, 0.3) is 0 Å². The largest absolute Gasteiger partial charge is 1.00 e. The number of phosphoric acid groups is 1. The summed E-state index contributed by atoms with van der Waals surface area (Å²) in [5.74, 6) is 0.362. The molecule has 2 N–H and O–H groups in total. The summed E-state index contributed by atoms with van der Waals surface area (Å²) in [7, 11) is -4.52. The summed E-state index contributed by atoms with van der Waals surface area (Å²) in [6.45, 7) is 2.18. The molecule has 0 fully saturated rings. The molecule has 0 aliphatic carbocycles. The molecule has 0 bridgehead atoms. The van der Waals surface area contributed by atoms with Crippen molar-refractivity contribution >= 4 is 7.82 Å². The molecule has 0 unspecified atom stereocenters. The smallest absolute Gasteiger partial charge is 1.00 e. The van der Waals surface area contributed by atoms with Gasteiger partial charge in [0.2, 0.25) is 0 Å². The van der Waals surface area contributed by atoms with Gasteiger partial charge >= 0.3 is 59.2 Å². The second-order valence-corrected chi connectivity index (χ2v) is 3.63. The van der Waals surface area contributed by atoms with Gasteiger partial charge in [-0.1, -0.05) is 12.1 Å². The van der Waals surface area contributed by atoms with Gasteiger partial charge in [0, 0.05) is 0 Å². The molecule has 0 saturated heterocycles. The Morgan fingerprint density at radius 3 is 2.33 bits per heavy atom. The van der Waals surface area contributed by atoms with E-state index in [4.69, 9.17) is 14.5 Å². The van der Waals surface area contributed by atoms with E-state index in [2.05, 4.69) is 4.52 Å². The quantitative estimate of drug-likeness (QED) is 0.517. The second kappa shape index (κ2) is 7.03. The Balaban J connectivity index is 0. The van der Waals surface area contributed by atoms with Crippen molar-refractivity contribution in [1.29, 1.82) is 0 Å². The zero-order valence-corrected chi connectivity index (χ0v) is 12.6. The summed E-state index contributed by atoms with van der Waals surface area (Å²) in [4.78, 5) is 17.2. The molecule has 80 valence electrons. The van der Waals surface area contributed by atoms with Crippen molar-refractivity contribution in [3.8, 4) is 11.5 Å². The summed E-state index contributed by atoms with van der Waals surface area (Å²) in [6.07, 6.45) is 0. The van der Waals surface area contributed by atoms with Crippen LogP contribution in [-0.2, 0) is 4.57 Å². The summed E-state index contributed by atoms with van der Waals surface area (Å²) < 4.78 is 20.1. The van der Waals surface area contributed by atoms with E-state index in [1.54, 1.807) is 25.1 Å². The Morgan fingerprint density at radius 2 is 1.87 bits per heavy atom. The van der Waals surface area contributed by atoms with Gasteiger partial charge in [-0.25, -0.2) is 4.57 Å². The van der Waals surface area contributed by atoms with E-state index in [0.717, 1.165) is 0 Å². The Hall–Kier alpha value is 0.606. The van der Waals surface area contributed by atoms with Crippen molar-refractivity contribution in [2.75, 3.05) is 6.61 Å². The summed E-state index contributed by atoms with van der Waals surface area (Å²) >= 11 is 0. The van der Waals surface area contributed by atoms with Crippen LogP contribution >= 0.6 is 7.82 Å². The number of phosphoric ester groups is 1. The van der Waals surface area contributed by atoms with Crippen molar-refractivity contribution in [2.45, 2.75) is 6.92 Å².